The number of ketones is 1. The first kappa shape index (κ1) is 8.95. The van der Waals surface area contributed by atoms with E-state index in [0.717, 1.165) is 25.7 Å². The Morgan fingerprint density at radius 2 is 1.77 bits per heavy atom. The maximum Gasteiger partial charge on any atom is 0.132 e. The Balaban J connectivity index is 1.97. The fourth-order valence-corrected chi connectivity index (χ4v) is 2.47. The van der Waals surface area contributed by atoms with E-state index in [0.29, 0.717) is 24.5 Å². The van der Waals surface area contributed by atoms with Gasteiger partial charge >= 0.3 is 0 Å². The highest BCUT2D eigenvalue weighted by Crippen LogP contribution is 2.38. The SMILES string of the molecule is O=C1CCC(C2(O)CC=CC2)CC1. The van der Waals surface area contributed by atoms with Crippen LogP contribution in [0.15, 0.2) is 12.2 Å². The van der Waals surface area contributed by atoms with Crippen molar-refractivity contribution in [3.05, 3.63) is 12.2 Å². The van der Waals surface area contributed by atoms with E-state index in [1.54, 1.807) is 0 Å². The number of hydrogen-bond donors (Lipinski definition) is 1. The van der Waals surface area contributed by atoms with Gasteiger partial charge in [-0.1, -0.05) is 12.2 Å². The zero-order chi connectivity index (χ0) is 9.31. The summed E-state index contributed by atoms with van der Waals surface area (Å²) in [6, 6.07) is 0. The molecule has 0 heterocycles. The van der Waals surface area contributed by atoms with E-state index in [2.05, 4.69) is 12.2 Å². The maximum absolute atomic E-state index is 11.0. The Bertz CT molecular complexity index is 224. The van der Waals surface area contributed by atoms with E-state index >= 15 is 0 Å². The Hall–Kier alpha value is -0.630. The Labute approximate surface area is 78.6 Å². The van der Waals surface area contributed by atoms with Crippen molar-refractivity contribution in [2.75, 3.05) is 0 Å². The third kappa shape index (κ3) is 1.68. The first-order valence-electron chi connectivity index (χ1n) is 5.10. The van der Waals surface area contributed by atoms with E-state index in [9.17, 15) is 9.90 Å². The van der Waals surface area contributed by atoms with Crippen LogP contribution in [0.2, 0.25) is 0 Å². The molecule has 0 unspecified atom stereocenters. The van der Waals surface area contributed by atoms with E-state index in [-0.39, 0.29) is 0 Å². The molecule has 1 N–H and O–H groups in total. The fourth-order valence-electron chi connectivity index (χ4n) is 2.47. The number of hydrogen-bond acceptors (Lipinski definition) is 2. The first-order valence-corrected chi connectivity index (χ1v) is 5.10. The molecule has 0 radical (unpaired) electrons. The predicted molar refractivity (Wildman–Crippen MR) is 50.3 cm³/mol. The van der Waals surface area contributed by atoms with Crippen molar-refractivity contribution in [3.8, 4) is 0 Å². The van der Waals surface area contributed by atoms with E-state index in [1.807, 2.05) is 0 Å². The largest absolute Gasteiger partial charge is 0.389 e. The van der Waals surface area contributed by atoms with Crippen molar-refractivity contribution in [3.63, 3.8) is 0 Å². The van der Waals surface area contributed by atoms with Gasteiger partial charge in [-0.2, -0.15) is 0 Å². The molecular weight excluding hydrogens is 164 g/mol. The van der Waals surface area contributed by atoms with Crippen molar-refractivity contribution < 1.29 is 9.90 Å². The Morgan fingerprint density at radius 3 is 2.31 bits per heavy atom. The molecule has 1 fully saturated rings. The second kappa shape index (κ2) is 3.26. The molecule has 1 saturated carbocycles. The molecule has 13 heavy (non-hydrogen) atoms. The second-order valence-electron chi connectivity index (χ2n) is 4.30. The lowest BCUT2D eigenvalue weighted by molar-refractivity contribution is -0.123. The van der Waals surface area contributed by atoms with E-state index in [4.69, 9.17) is 0 Å². The monoisotopic (exact) mass is 180 g/mol. The van der Waals surface area contributed by atoms with Crippen LogP contribution in [0.3, 0.4) is 0 Å². The van der Waals surface area contributed by atoms with Gasteiger partial charge in [-0.3, -0.25) is 4.79 Å². The van der Waals surface area contributed by atoms with Crippen LogP contribution in [0.5, 0.6) is 0 Å². The van der Waals surface area contributed by atoms with E-state index in [1.165, 1.54) is 0 Å². The van der Waals surface area contributed by atoms with Gasteiger partial charge < -0.3 is 5.11 Å². The molecule has 0 aliphatic heterocycles. The van der Waals surface area contributed by atoms with Gasteiger partial charge in [0.25, 0.3) is 0 Å². The standard InChI is InChI=1S/C11H16O2/c12-10-5-3-9(4-6-10)11(13)7-1-2-8-11/h1-2,9,13H,3-8H2. The summed E-state index contributed by atoms with van der Waals surface area (Å²) in [7, 11) is 0. The van der Waals surface area contributed by atoms with Gasteiger partial charge in [0.2, 0.25) is 0 Å². The van der Waals surface area contributed by atoms with Crippen molar-refractivity contribution in [1.82, 2.24) is 0 Å². The van der Waals surface area contributed by atoms with Crippen LogP contribution in [-0.2, 0) is 4.79 Å². The summed E-state index contributed by atoms with van der Waals surface area (Å²) in [6.45, 7) is 0. The van der Waals surface area contributed by atoms with Crippen LogP contribution < -0.4 is 0 Å². The van der Waals surface area contributed by atoms with Crippen LogP contribution in [-0.4, -0.2) is 16.5 Å². The molecule has 0 atom stereocenters. The molecule has 0 bridgehead atoms. The van der Waals surface area contributed by atoms with Crippen molar-refractivity contribution in [2.45, 2.75) is 44.1 Å². The molecule has 0 saturated heterocycles. The van der Waals surface area contributed by atoms with Gasteiger partial charge in [0.1, 0.15) is 5.78 Å². The summed E-state index contributed by atoms with van der Waals surface area (Å²) < 4.78 is 0. The van der Waals surface area contributed by atoms with Crippen molar-refractivity contribution in [1.29, 1.82) is 0 Å². The minimum absolute atomic E-state index is 0.347. The summed E-state index contributed by atoms with van der Waals surface area (Å²) in [5, 5.41) is 10.2. The summed E-state index contributed by atoms with van der Waals surface area (Å²) in [5.74, 6) is 0.714. The number of Topliss-reactive ketones (excluding diaryl/α,β-unsaturated/α-hetero) is 1. The third-order valence-corrected chi connectivity index (χ3v) is 3.41. The van der Waals surface area contributed by atoms with Gasteiger partial charge in [-0.25, -0.2) is 0 Å². The molecule has 2 rings (SSSR count). The predicted octanol–water partition coefficient (Wildman–Crippen LogP) is 1.83. The van der Waals surface area contributed by atoms with Crippen LogP contribution in [0.25, 0.3) is 0 Å². The topological polar surface area (TPSA) is 37.3 Å². The summed E-state index contributed by atoms with van der Waals surface area (Å²) >= 11 is 0. The molecule has 2 nitrogen and oxygen atoms in total. The number of carbonyl (C=O) groups is 1. The Kier molecular flexibility index (Phi) is 2.24. The summed E-state index contributed by atoms with van der Waals surface area (Å²) in [6.07, 6.45) is 8.79. The van der Waals surface area contributed by atoms with Crippen molar-refractivity contribution >= 4 is 5.78 Å². The highest BCUT2D eigenvalue weighted by atomic mass is 16.3. The van der Waals surface area contributed by atoms with Crippen molar-refractivity contribution in [2.24, 2.45) is 5.92 Å². The molecule has 2 aliphatic carbocycles. The van der Waals surface area contributed by atoms with Gasteiger partial charge in [0.15, 0.2) is 0 Å². The molecule has 0 amide bonds. The molecule has 0 aromatic carbocycles. The molecule has 0 aromatic heterocycles. The molecular formula is C11H16O2. The zero-order valence-electron chi connectivity index (χ0n) is 7.83. The number of aliphatic hydroxyl groups is 1. The van der Waals surface area contributed by atoms with Gasteiger partial charge in [-0.15, -0.1) is 0 Å². The fraction of sp³-hybridized carbons (Fsp3) is 0.727. The maximum atomic E-state index is 11.0. The lowest BCUT2D eigenvalue weighted by Gasteiger charge is -2.34. The van der Waals surface area contributed by atoms with Crippen LogP contribution >= 0.6 is 0 Å². The highest BCUT2D eigenvalue weighted by Gasteiger charge is 2.38. The first-order chi connectivity index (χ1) is 6.21. The third-order valence-electron chi connectivity index (χ3n) is 3.41. The summed E-state index contributed by atoms with van der Waals surface area (Å²) in [4.78, 5) is 11.0. The van der Waals surface area contributed by atoms with Crippen LogP contribution in [0, 0.1) is 5.92 Å². The Morgan fingerprint density at radius 1 is 1.23 bits per heavy atom. The second-order valence-corrected chi connectivity index (χ2v) is 4.30. The van der Waals surface area contributed by atoms with Crippen LogP contribution in [0.1, 0.15) is 38.5 Å². The molecule has 2 heteroatoms. The quantitative estimate of drug-likeness (QED) is 0.625. The number of rotatable bonds is 1. The lowest BCUT2D eigenvalue weighted by Crippen LogP contribution is -2.37. The number of carbonyl (C=O) groups excluding carboxylic acids is 1. The van der Waals surface area contributed by atoms with Gasteiger partial charge in [-0.05, 0) is 31.6 Å². The zero-order valence-corrected chi connectivity index (χ0v) is 7.83. The van der Waals surface area contributed by atoms with Crippen LogP contribution in [0.4, 0.5) is 0 Å². The highest BCUT2D eigenvalue weighted by molar-refractivity contribution is 5.79. The lowest BCUT2D eigenvalue weighted by atomic mass is 9.75. The average molecular weight is 180 g/mol. The van der Waals surface area contributed by atoms with Gasteiger partial charge in [0.05, 0.1) is 5.60 Å². The molecule has 72 valence electrons. The van der Waals surface area contributed by atoms with E-state index < -0.39 is 5.60 Å². The normalized spacial score (nSPS) is 28.2. The average Bonchev–Trinajstić information content (AvgIpc) is 2.54. The molecule has 0 aromatic rings. The van der Waals surface area contributed by atoms with Gasteiger partial charge in [0, 0.05) is 12.8 Å². The summed E-state index contributed by atoms with van der Waals surface area (Å²) in [5.41, 5.74) is -0.513. The minimum atomic E-state index is -0.513. The minimum Gasteiger partial charge on any atom is -0.389 e. The molecule has 0 spiro atoms. The molecule has 2 aliphatic rings. The smallest absolute Gasteiger partial charge is 0.132 e.